The van der Waals surface area contributed by atoms with Gasteiger partial charge < -0.3 is 9.88 Å². The fourth-order valence-electron chi connectivity index (χ4n) is 2.36. The maximum Gasteiger partial charge on any atom is 0.270 e. The zero-order valence-electron chi connectivity index (χ0n) is 14.8. The van der Waals surface area contributed by atoms with Gasteiger partial charge in [0, 0.05) is 30.8 Å². The zero-order chi connectivity index (χ0) is 21.2. The lowest BCUT2D eigenvalue weighted by Gasteiger charge is -2.02. The first-order valence-electron chi connectivity index (χ1n) is 7.86. The van der Waals surface area contributed by atoms with Crippen molar-refractivity contribution in [2.75, 3.05) is 16.8 Å². The van der Waals surface area contributed by atoms with Crippen LogP contribution in [0.5, 0.6) is 0 Å². The number of sulfone groups is 1. The van der Waals surface area contributed by atoms with Gasteiger partial charge in [0.2, 0.25) is 5.91 Å². The van der Waals surface area contributed by atoms with Gasteiger partial charge in [-0.05, 0) is 6.07 Å². The number of nitro groups is 1. The van der Waals surface area contributed by atoms with E-state index in [0.717, 1.165) is 22.7 Å². The van der Waals surface area contributed by atoms with Crippen LogP contribution in [0, 0.1) is 10.1 Å². The van der Waals surface area contributed by atoms with Crippen LogP contribution in [0.2, 0.25) is 0 Å². The molecule has 1 aromatic carbocycles. The lowest BCUT2D eigenvalue weighted by atomic mass is 10.3. The maximum absolute atomic E-state index is 12.1. The summed E-state index contributed by atoms with van der Waals surface area (Å²) in [5.74, 6) is -3.55. The van der Waals surface area contributed by atoms with Gasteiger partial charge >= 0.3 is 0 Å². The number of non-ortho nitro benzene ring substituents is 1. The van der Waals surface area contributed by atoms with Crippen LogP contribution in [-0.4, -0.2) is 46.2 Å². The number of hydrogen-bond donors (Lipinski definition) is 1. The molecule has 0 aliphatic heterocycles. The number of fused-ring (bicyclic) bond motifs is 1. The smallest absolute Gasteiger partial charge is 0.270 e. The third-order valence-corrected chi connectivity index (χ3v) is 6.77. The van der Waals surface area contributed by atoms with Gasteiger partial charge in [-0.2, -0.15) is 4.99 Å². The molecule has 29 heavy (non-hydrogen) atoms. The van der Waals surface area contributed by atoms with Gasteiger partial charge in [-0.1, -0.05) is 11.3 Å². The van der Waals surface area contributed by atoms with Crippen molar-refractivity contribution in [2.24, 2.45) is 12.0 Å². The number of rotatable bonds is 6. The van der Waals surface area contributed by atoms with Crippen molar-refractivity contribution in [1.82, 2.24) is 9.55 Å². The Labute approximate surface area is 171 Å². The quantitative estimate of drug-likeness (QED) is 0.431. The molecule has 0 fully saturated rings. The van der Waals surface area contributed by atoms with Gasteiger partial charge in [0.05, 0.1) is 15.1 Å². The Morgan fingerprint density at radius 2 is 2.10 bits per heavy atom. The molecule has 0 aliphatic rings. The Morgan fingerprint density at radius 3 is 2.76 bits per heavy atom. The summed E-state index contributed by atoms with van der Waals surface area (Å²) in [5.41, 5.74) is 0.504. The summed E-state index contributed by atoms with van der Waals surface area (Å²) >= 11 is 2.15. The van der Waals surface area contributed by atoms with E-state index in [2.05, 4.69) is 15.3 Å². The standard InChI is InChI=1S/C15H13N5O6S3/c1-19-10-3-2-9(20(23)24)6-11(10)28-15(19)18-13(22)8-29(25,26)7-12(21)17-14-16-4-5-27-14/h2-6H,7-8H2,1H3,(H,16,17,21). The van der Waals surface area contributed by atoms with Crippen molar-refractivity contribution in [1.29, 1.82) is 0 Å². The lowest BCUT2D eigenvalue weighted by molar-refractivity contribution is -0.384. The molecule has 2 amide bonds. The largest absolute Gasteiger partial charge is 0.319 e. The Kier molecular flexibility index (Phi) is 5.86. The average molecular weight is 455 g/mol. The number of nitrogens with one attached hydrogen (secondary N) is 1. The van der Waals surface area contributed by atoms with Crippen LogP contribution in [0.3, 0.4) is 0 Å². The van der Waals surface area contributed by atoms with E-state index in [0.29, 0.717) is 10.2 Å². The molecule has 3 rings (SSSR count). The summed E-state index contributed by atoms with van der Waals surface area (Å²) < 4.78 is 26.3. The molecular weight excluding hydrogens is 442 g/mol. The predicted molar refractivity (Wildman–Crippen MR) is 107 cm³/mol. The molecule has 2 aromatic heterocycles. The molecule has 0 unspecified atom stereocenters. The van der Waals surface area contributed by atoms with E-state index in [-0.39, 0.29) is 15.6 Å². The Bertz CT molecular complexity index is 1270. The van der Waals surface area contributed by atoms with Gasteiger partial charge in [-0.3, -0.25) is 19.7 Å². The van der Waals surface area contributed by atoms with E-state index >= 15 is 0 Å². The fraction of sp³-hybridized carbons (Fsp3) is 0.200. The molecule has 0 aliphatic carbocycles. The number of thiazole rings is 2. The first-order chi connectivity index (χ1) is 13.6. The van der Waals surface area contributed by atoms with Crippen molar-refractivity contribution in [3.05, 3.63) is 44.7 Å². The second kappa shape index (κ2) is 8.18. The maximum atomic E-state index is 12.1. The van der Waals surface area contributed by atoms with Crippen molar-refractivity contribution < 1.29 is 22.9 Å². The number of nitro benzene ring substituents is 1. The highest BCUT2D eigenvalue weighted by Crippen LogP contribution is 2.22. The van der Waals surface area contributed by atoms with Crippen LogP contribution in [-0.2, 0) is 26.5 Å². The molecule has 0 radical (unpaired) electrons. The highest BCUT2D eigenvalue weighted by atomic mass is 32.2. The predicted octanol–water partition coefficient (Wildman–Crippen LogP) is 1.09. The number of aromatic nitrogens is 2. The minimum Gasteiger partial charge on any atom is -0.319 e. The van der Waals surface area contributed by atoms with E-state index < -0.39 is 38.1 Å². The number of benzene rings is 1. The van der Waals surface area contributed by atoms with Crippen molar-refractivity contribution in [3.8, 4) is 0 Å². The molecule has 0 spiro atoms. The number of hydrogen-bond acceptors (Lipinski definition) is 9. The molecule has 3 aromatic rings. The molecule has 14 heteroatoms. The van der Waals surface area contributed by atoms with Crippen LogP contribution in [0.25, 0.3) is 10.2 Å². The molecular formula is C15H13N5O6S3. The Hall–Kier alpha value is -2.97. The summed E-state index contributed by atoms with van der Waals surface area (Å²) in [6.45, 7) is 0. The van der Waals surface area contributed by atoms with Crippen molar-refractivity contribution in [2.45, 2.75) is 0 Å². The highest BCUT2D eigenvalue weighted by molar-refractivity contribution is 7.92. The molecule has 2 heterocycles. The van der Waals surface area contributed by atoms with Crippen LogP contribution in [0.4, 0.5) is 10.8 Å². The van der Waals surface area contributed by atoms with Crippen LogP contribution in [0.1, 0.15) is 0 Å². The lowest BCUT2D eigenvalue weighted by Crippen LogP contribution is -2.28. The molecule has 0 atom stereocenters. The number of nitrogens with zero attached hydrogens (tertiary/aromatic N) is 4. The zero-order valence-corrected chi connectivity index (χ0v) is 17.2. The van der Waals surface area contributed by atoms with E-state index in [1.54, 1.807) is 12.4 Å². The van der Waals surface area contributed by atoms with E-state index in [1.165, 1.54) is 29.0 Å². The van der Waals surface area contributed by atoms with Crippen LogP contribution < -0.4 is 10.1 Å². The Balaban J connectivity index is 1.76. The summed E-state index contributed by atoms with van der Waals surface area (Å²) in [7, 11) is -2.43. The summed E-state index contributed by atoms with van der Waals surface area (Å²) in [5, 5.41) is 15.1. The number of carbonyl (C=O) groups is 2. The van der Waals surface area contributed by atoms with E-state index in [9.17, 15) is 28.1 Å². The van der Waals surface area contributed by atoms with Gasteiger partial charge in [0.25, 0.3) is 11.6 Å². The fourth-order valence-corrected chi connectivity index (χ4v) is 4.99. The second-order valence-electron chi connectivity index (χ2n) is 5.78. The second-order valence-corrected chi connectivity index (χ2v) is 9.74. The summed E-state index contributed by atoms with van der Waals surface area (Å²) in [6, 6.07) is 4.20. The first kappa shape index (κ1) is 20.8. The highest BCUT2D eigenvalue weighted by Gasteiger charge is 2.21. The molecule has 0 saturated carbocycles. The Morgan fingerprint density at radius 1 is 1.34 bits per heavy atom. The SMILES string of the molecule is Cn1c(=NC(=O)CS(=O)(=O)CC(=O)Nc2nccs2)sc2cc([N+](=O)[O-])ccc21. The first-order valence-corrected chi connectivity index (χ1v) is 11.4. The summed E-state index contributed by atoms with van der Waals surface area (Å²) in [4.78, 5) is 42.1. The van der Waals surface area contributed by atoms with Crippen LogP contribution >= 0.6 is 22.7 Å². The third kappa shape index (κ3) is 5.10. The topological polar surface area (TPSA) is 154 Å². The van der Waals surface area contributed by atoms with Crippen molar-refractivity contribution >= 4 is 65.4 Å². The van der Waals surface area contributed by atoms with Crippen LogP contribution in [0.15, 0.2) is 34.8 Å². The number of amides is 2. The minimum absolute atomic E-state index is 0.106. The normalized spacial score (nSPS) is 12.2. The molecule has 11 nitrogen and oxygen atoms in total. The monoisotopic (exact) mass is 455 g/mol. The van der Waals surface area contributed by atoms with Gasteiger partial charge in [0.15, 0.2) is 19.8 Å². The molecule has 0 bridgehead atoms. The summed E-state index contributed by atoms with van der Waals surface area (Å²) in [6.07, 6.45) is 1.46. The molecule has 152 valence electrons. The number of anilines is 1. The average Bonchev–Trinajstić information content (AvgIpc) is 3.21. The number of aryl methyl sites for hydroxylation is 1. The van der Waals surface area contributed by atoms with E-state index in [1.807, 2.05) is 0 Å². The van der Waals surface area contributed by atoms with Gasteiger partial charge in [-0.15, -0.1) is 11.3 Å². The van der Waals surface area contributed by atoms with E-state index in [4.69, 9.17) is 0 Å². The molecule has 1 N–H and O–H groups in total. The third-order valence-electron chi connectivity index (χ3n) is 3.60. The van der Waals surface area contributed by atoms with Gasteiger partial charge in [0.1, 0.15) is 11.5 Å². The number of carbonyl (C=O) groups excluding carboxylic acids is 2. The minimum atomic E-state index is -4.04. The molecule has 0 saturated heterocycles. The van der Waals surface area contributed by atoms with Gasteiger partial charge in [-0.25, -0.2) is 13.4 Å². The van der Waals surface area contributed by atoms with Crippen molar-refractivity contribution in [3.63, 3.8) is 0 Å².